The number of carbonyl (C=O) groups is 1. The van der Waals surface area contributed by atoms with Gasteiger partial charge in [0.15, 0.2) is 0 Å². The number of hydrogen-bond acceptors (Lipinski definition) is 2. The predicted molar refractivity (Wildman–Crippen MR) is 67.8 cm³/mol. The summed E-state index contributed by atoms with van der Waals surface area (Å²) in [6.45, 7) is 2.83. The van der Waals surface area contributed by atoms with Crippen molar-refractivity contribution in [3.63, 3.8) is 0 Å². The van der Waals surface area contributed by atoms with Crippen LogP contribution < -0.4 is 5.32 Å². The summed E-state index contributed by atoms with van der Waals surface area (Å²) in [5, 5.41) is 3.09. The Labute approximate surface area is 104 Å². The fourth-order valence-corrected chi connectivity index (χ4v) is 3.12. The average molecular weight is 247 g/mol. The van der Waals surface area contributed by atoms with E-state index in [1.54, 1.807) is 0 Å². The molecule has 3 atom stereocenters. The van der Waals surface area contributed by atoms with Gasteiger partial charge in [0.25, 0.3) is 0 Å². The Morgan fingerprint density at radius 2 is 1.88 bits per heavy atom. The Kier molecular flexibility index (Phi) is 5.06. The van der Waals surface area contributed by atoms with E-state index in [1.807, 2.05) is 14.0 Å². The van der Waals surface area contributed by atoms with Crippen LogP contribution in [0.2, 0.25) is 0 Å². The van der Waals surface area contributed by atoms with Crippen LogP contribution in [0.4, 0.5) is 0 Å². The maximum Gasteiger partial charge on any atom is 0.227 e. The van der Waals surface area contributed by atoms with Gasteiger partial charge in [-0.2, -0.15) is 0 Å². The molecule has 2 fully saturated rings. The first-order valence-corrected chi connectivity index (χ1v) is 6.20. The molecule has 0 aromatic heterocycles. The third-order valence-corrected chi connectivity index (χ3v) is 3.88. The summed E-state index contributed by atoms with van der Waals surface area (Å²) >= 11 is 0. The van der Waals surface area contributed by atoms with Crippen LogP contribution in [0.3, 0.4) is 0 Å². The zero-order chi connectivity index (χ0) is 10.8. The zero-order valence-electron chi connectivity index (χ0n) is 10.2. The van der Waals surface area contributed by atoms with Crippen molar-refractivity contribution in [1.29, 1.82) is 0 Å². The van der Waals surface area contributed by atoms with E-state index in [9.17, 15) is 4.79 Å². The van der Waals surface area contributed by atoms with Crippen molar-refractivity contribution in [1.82, 2.24) is 10.2 Å². The molecule has 1 amide bonds. The van der Waals surface area contributed by atoms with Gasteiger partial charge in [0.1, 0.15) is 0 Å². The monoisotopic (exact) mass is 246 g/mol. The molecule has 3 unspecified atom stereocenters. The summed E-state index contributed by atoms with van der Waals surface area (Å²) < 4.78 is 0. The van der Waals surface area contributed by atoms with E-state index in [2.05, 4.69) is 10.2 Å². The molecule has 3 nitrogen and oxygen atoms in total. The quantitative estimate of drug-likeness (QED) is 0.824. The molecule has 0 saturated carbocycles. The van der Waals surface area contributed by atoms with Gasteiger partial charge < -0.3 is 10.2 Å². The van der Waals surface area contributed by atoms with E-state index in [0.717, 1.165) is 6.54 Å². The lowest BCUT2D eigenvalue weighted by Crippen LogP contribution is -2.47. The minimum absolute atomic E-state index is 0. The highest BCUT2D eigenvalue weighted by molar-refractivity contribution is 5.85. The predicted octanol–water partition coefficient (Wildman–Crippen LogP) is 1.81. The second-order valence-corrected chi connectivity index (χ2v) is 5.02. The number of amides is 1. The highest BCUT2D eigenvalue weighted by Crippen LogP contribution is 2.36. The molecule has 0 aromatic carbocycles. The number of rotatable bonds is 3. The van der Waals surface area contributed by atoms with Gasteiger partial charge in [0.05, 0.1) is 0 Å². The van der Waals surface area contributed by atoms with E-state index in [0.29, 0.717) is 18.0 Å². The number of halogens is 1. The van der Waals surface area contributed by atoms with Gasteiger partial charge in [0, 0.05) is 24.5 Å². The van der Waals surface area contributed by atoms with Crippen LogP contribution in [0.25, 0.3) is 0 Å². The second kappa shape index (κ2) is 5.87. The maximum absolute atomic E-state index is 12.2. The first-order valence-electron chi connectivity index (χ1n) is 6.20. The Balaban J connectivity index is 0.00000128. The molecular weight excluding hydrogens is 224 g/mol. The van der Waals surface area contributed by atoms with Gasteiger partial charge in [-0.15, -0.1) is 12.4 Å². The van der Waals surface area contributed by atoms with Crippen LogP contribution in [0, 0.1) is 5.92 Å². The maximum atomic E-state index is 12.2. The van der Waals surface area contributed by atoms with Gasteiger partial charge in [0.2, 0.25) is 5.91 Å². The fraction of sp³-hybridized carbons (Fsp3) is 0.917. The van der Waals surface area contributed by atoms with Crippen molar-refractivity contribution in [2.24, 2.45) is 5.92 Å². The van der Waals surface area contributed by atoms with Crippen LogP contribution in [-0.2, 0) is 4.79 Å². The summed E-state index contributed by atoms with van der Waals surface area (Å²) in [6, 6.07) is 1.13. The molecule has 2 aliphatic heterocycles. The molecular formula is C12H23ClN2O. The van der Waals surface area contributed by atoms with Crippen molar-refractivity contribution in [2.45, 2.75) is 51.1 Å². The summed E-state index contributed by atoms with van der Waals surface area (Å²) in [6.07, 6.45) is 6.26. The van der Waals surface area contributed by atoms with E-state index >= 15 is 0 Å². The minimum atomic E-state index is 0. The van der Waals surface area contributed by atoms with Crippen LogP contribution in [0.15, 0.2) is 0 Å². The van der Waals surface area contributed by atoms with Crippen LogP contribution >= 0.6 is 12.4 Å². The topological polar surface area (TPSA) is 32.3 Å². The van der Waals surface area contributed by atoms with Crippen LogP contribution in [0.5, 0.6) is 0 Å². The lowest BCUT2D eigenvalue weighted by atomic mass is 10.00. The number of hydrogen-bond donors (Lipinski definition) is 1. The van der Waals surface area contributed by atoms with Crippen molar-refractivity contribution in [3.8, 4) is 0 Å². The lowest BCUT2D eigenvalue weighted by molar-refractivity contribution is -0.139. The first kappa shape index (κ1) is 13.8. The smallest absolute Gasteiger partial charge is 0.227 e. The fourth-order valence-electron chi connectivity index (χ4n) is 3.12. The van der Waals surface area contributed by atoms with E-state index in [1.165, 1.54) is 32.1 Å². The van der Waals surface area contributed by atoms with Crippen molar-refractivity contribution in [3.05, 3.63) is 0 Å². The Morgan fingerprint density at radius 1 is 1.31 bits per heavy atom. The molecule has 4 heteroatoms. The van der Waals surface area contributed by atoms with E-state index < -0.39 is 0 Å². The zero-order valence-corrected chi connectivity index (χ0v) is 11.1. The van der Waals surface area contributed by atoms with Gasteiger partial charge in [-0.25, -0.2) is 0 Å². The molecule has 2 rings (SSSR count). The van der Waals surface area contributed by atoms with E-state index in [4.69, 9.17) is 0 Å². The third kappa shape index (κ3) is 2.51. The average Bonchev–Trinajstić information content (AvgIpc) is 2.47. The molecule has 2 saturated heterocycles. The number of fused-ring (bicyclic) bond motifs is 2. The number of nitrogens with zero attached hydrogens (tertiary/aromatic N) is 1. The summed E-state index contributed by atoms with van der Waals surface area (Å²) in [5.74, 6) is 0.507. The molecule has 2 bridgehead atoms. The normalized spacial score (nSPS) is 29.8. The number of piperidine rings is 1. The summed E-state index contributed by atoms with van der Waals surface area (Å²) in [5.41, 5.74) is 0. The Hall–Kier alpha value is -0.280. The Morgan fingerprint density at radius 3 is 2.38 bits per heavy atom. The first-order chi connectivity index (χ1) is 7.24. The van der Waals surface area contributed by atoms with Crippen LogP contribution in [0.1, 0.15) is 39.0 Å². The number of nitrogens with one attached hydrogen (secondary N) is 1. The molecule has 0 aliphatic carbocycles. The highest BCUT2D eigenvalue weighted by Gasteiger charge is 2.40. The van der Waals surface area contributed by atoms with Gasteiger partial charge in [-0.05, 0) is 39.2 Å². The lowest BCUT2D eigenvalue weighted by Gasteiger charge is -2.36. The molecule has 0 spiro atoms. The van der Waals surface area contributed by atoms with Crippen molar-refractivity contribution in [2.75, 3.05) is 13.6 Å². The highest BCUT2D eigenvalue weighted by atomic mass is 35.5. The summed E-state index contributed by atoms with van der Waals surface area (Å²) in [4.78, 5) is 14.4. The Bertz CT molecular complexity index is 231. The van der Waals surface area contributed by atoms with Gasteiger partial charge in [-0.3, -0.25) is 4.79 Å². The second-order valence-electron chi connectivity index (χ2n) is 5.02. The van der Waals surface area contributed by atoms with Crippen molar-refractivity contribution >= 4 is 18.3 Å². The molecule has 0 radical (unpaired) electrons. The summed E-state index contributed by atoms with van der Waals surface area (Å²) in [7, 11) is 1.91. The number of carbonyl (C=O) groups excluding carboxylic acids is 1. The standard InChI is InChI=1S/C12H22N2O.ClH/c1-9(8-13-2)12(15)14-10-4-3-5-11(14)7-6-10;/h9-11,13H,3-8H2,1-2H3;1H. The third-order valence-electron chi connectivity index (χ3n) is 3.88. The SMILES string of the molecule is CNCC(C)C(=O)N1C2CCCC1CC2.Cl. The molecule has 1 N–H and O–H groups in total. The molecule has 94 valence electrons. The minimum Gasteiger partial charge on any atom is -0.336 e. The molecule has 2 aliphatic rings. The molecule has 0 aromatic rings. The van der Waals surface area contributed by atoms with Crippen LogP contribution in [-0.4, -0.2) is 36.5 Å². The molecule has 2 heterocycles. The van der Waals surface area contributed by atoms with Gasteiger partial charge in [-0.1, -0.05) is 6.92 Å². The largest absolute Gasteiger partial charge is 0.336 e. The van der Waals surface area contributed by atoms with Crippen molar-refractivity contribution < 1.29 is 4.79 Å². The van der Waals surface area contributed by atoms with Gasteiger partial charge >= 0.3 is 0 Å². The molecule has 16 heavy (non-hydrogen) atoms. The van der Waals surface area contributed by atoms with E-state index in [-0.39, 0.29) is 18.3 Å².